The van der Waals surface area contributed by atoms with Crippen LogP contribution < -0.4 is 5.46 Å². The van der Waals surface area contributed by atoms with E-state index in [2.05, 4.69) is 11.8 Å². The van der Waals surface area contributed by atoms with Crippen molar-refractivity contribution in [3.63, 3.8) is 0 Å². The molecule has 0 atom stereocenters. The lowest BCUT2D eigenvalue weighted by molar-refractivity contribution is 0.350. The highest BCUT2D eigenvalue weighted by atomic mass is 35.5. The Morgan fingerprint density at radius 3 is 2.83 bits per heavy atom. The quantitative estimate of drug-likeness (QED) is 0.450. The number of aliphatic hydroxyl groups excluding tert-OH is 1. The van der Waals surface area contributed by atoms with E-state index in [9.17, 15) is 0 Å². The highest BCUT2D eigenvalue weighted by Gasteiger charge is 1.93. The number of hydrogen-bond donors (Lipinski definition) is 1. The minimum atomic E-state index is -0.165. The van der Waals surface area contributed by atoms with Gasteiger partial charge >= 0.3 is 0 Å². The third kappa shape index (κ3) is 2.30. The van der Waals surface area contributed by atoms with Crippen molar-refractivity contribution in [2.45, 2.75) is 0 Å². The van der Waals surface area contributed by atoms with Crippen molar-refractivity contribution in [3.05, 3.63) is 28.8 Å². The van der Waals surface area contributed by atoms with E-state index in [0.29, 0.717) is 16.0 Å². The van der Waals surface area contributed by atoms with Crippen molar-refractivity contribution < 1.29 is 5.11 Å². The Kier molecular flexibility index (Phi) is 3.22. The number of halogens is 1. The van der Waals surface area contributed by atoms with Crippen molar-refractivity contribution in [1.29, 1.82) is 0 Å². The smallest absolute Gasteiger partial charge is 0.115 e. The lowest BCUT2D eigenvalue weighted by Crippen LogP contribution is -2.06. The molecular formula is C9H6BClO. The van der Waals surface area contributed by atoms with Crippen LogP contribution in [-0.4, -0.2) is 19.6 Å². The van der Waals surface area contributed by atoms with Gasteiger partial charge in [0.15, 0.2) is 0 Å². The van der Waals surface area contributed by atoms with Crippen LogP contribution in [0.25, 0.3) is 0 Å². The van der Waals surface area contributed by atoms with E-state index in [-0.39, 0.29) is 6.61 Å². The van der Waals surface area contributed by atoms with Gasteiger partial charge in [0.1, 0.15) is 14.5 Å². The van der Waals surface area contributed by atoms with Gasteiger partial charge in [-0.3, -0.25) is 0 Å². The summed E-state index contributed by atoms with van der Waals surface area (Å²) < 4.78 is 0. The van der Waals surface area contributed by atoms with Crippen LogP contribution in [0, 0.1) is 11.8 Å². The summed E-state index contributed by atoms with van der Waals surface area (Å²) in [6.07, 6.45) is 0. The molecule has 0 fully saturated rings. The fourth-order valence-electron chi connectivity index (χ4n) is 0.782. The molecule has 3 heteroatoms. The van der Waals surface area contributed by atoms with Crippen molar-refractivity contribution in [2.24, 2.45) is 0 Å². The Labute approximate surface area is 77.8 Å². The Balaban J connectivity index is 3.01. The summed E-state index contributed by atoms with van der Waals surface area (Å²) in [5.41, 5.74) is 1.22. The maximum Gasteiger partial charge on any atom is 0.115 e. The van der Waals surface area contributed by atoms with Crippen LogP contribution in [0.3, 0.4) is 0 Å². The van der Waals surface area contributed by atoms with E-state index in [4.69, 9.17) is 24.6 Å². The second kappa shape index (κ2) is 4.20. The molecule has 0 spiro atoms. The normalized spacial score (nSPS) is 8.83. The van der Waals surface area contributed by atoms with Crippen LogP contribution in [0.5, 0.6) is 0 Å². The van der Waals surface area contributed by atoms with Crippen LogP contribution in [0.4, 0.5) is 0 Å². The minimum absolute atomic E-state index is 0.165. The standard InChI is InChI=1S/C9H6BClO/c10-9-6-8(11)4-3-7(9)2-1-5-12/h3-4,6,12H,5H2. The Morgan fingerprint density at radius 1 is 1.50 bits per heavy atom. The zero-order valence-electron chi connectivity index (χ0n) is 6.34. The molecule has 0 unspecified atom stereocenters. The number of benzene rings is 1. The average Bonchev–Trinajstić information content (AvgIpc) is 2.03. The molecule has 2 radical (unpaired) electrons. The molecule has 0 aliphatic heterocycles. The zero-order chi connectivity index (χ0) is 8.97. The molecular weight excluding hydrogens is 170 g/mol. The molecule has 0 saturated carbocycles. The summed E-state index contributed by atoms with van der Waals surface area (Å²) in [4.78, 5) is 0. The molecule has 12 heavy (non-hydrogen) atoms. The lowest BCUT2D eigenvalue weighted by atomic mass is 9.91. The zero-order valence-corrected chi connectivity index (χ0v) is 7.10. The maximum absolute atomic E-state index is 8.43. The molecule has 0 aliphatic carbocycles. The maximum atomic E-state index is 8.43. The molecule has 0 aliphatic rings. The molecule has 1 aromatic carbocycles. The minimum Gasteiger partial charge on any atom is -0.384 e. The van der Waals surface area contributed by atoms with Crippen molar-refractivity contribution in [3.8, 4) is 11.8 Å². The Morgan fingerprint density at radius 2 is 2.25 bits per heavy atom. The van der Waals surface area contributed by atoms with Gasteiger partial charge in [0.2, 0.25) is 0 Å². The van der Waals surface area contributed by atoms with Gasteiger partial charge in [0.05, 0.1) is 0 Å². The fourth-order valence-corrected chi connectivity index (χ4v) is 0.963. The predicted molar refractivity (Wildman–Crippen MR) is 50.8 cm³/mol. The summed E-state index contributed by atoms with van der Waals surface area (Å²) in [5, 5.41) is 9.02. The van der Waals surface area contributed by atoms with Gasteiger partial charge in [-0.2, -0.15) is 0 Å². The van der Waals surface area contributed by atoms with Gasteiger partial charge in [-0.15, -0.1) is 0 Å². The molecule has 1 rings (SSSR count). The van der Waals surface area contributed by atoms with E-state index in [1.165, 1.54) is 0 Å². The van der Waals surface area contributed by atoms with E-state index in [1.54, 1.807) is 18.2 Å². The SMILES string of the molecule is [B]c1cc(Cl)ccc1C#CCO. The number of rotatable bonds is 0. The fraction of sp³-hybridized carbons (Fsp3) is 0.111. The van der Waals surface area contributed by atoms with Gasteiger partial charge in [-0.05, 0) is 18.2 Å². The first-order chi connectivity index (χ1) is 5.74. The van der Waals surface area contributed by atoms with Gasteiger partial charge in [-0.25, -0.2) is 0 Å². The number of hydrogen-bond acceptors (Lipinski definition) is 1. The second-order valence-corrected chi connectivity index (χ2v) is 2.63. The van der Waals surface area contributed by atoms with Crippen molar-refractivity contribution in [2.75, 3.05) is 6.61 Å². The van der Waals surface area contributed by atoms with E-state index in [0.717, 1.165) is 0 Å². The third-order valence-corrected chi connectivity index (χ3v) is 1.55. The summed E-state index contributed by atoms with van der Waals surface area (Å²) >= 11 is 5.67. The Bertz CT molecular complexity index is 338. The average molecular weight is 176 g/mol. The van der Waals surface area contributed by atoms with Crippen LogP contribution in [-0.2, 0) is 0 Å². The van der Waals surface area contributed by atoms with Gasteiger partial charge in [-0.1, -0.05) is 28.9 Å². The summed E-state index contributed by atoms with van der Waals surface area (Å²) in [6, 6.07) is 5.06. The van der Waals surface area contributed by atoms with E-state index in [1.807, 2.05) is 0 Å². The van der Waals surface area contributed by atoms with Crippen LogP contribution >= 0.6 is 11.6 Å². The van der Waals surface area contributed by atoms with Crippen LogP contribution in [0.1, 0.15) is 5.56 Å². The molecule has 0 saturated heterocycles. The first-order valence-corrected chi connectivity index (χ1v) is 3.76. The first kappa shape index (κ1) is 9.19. The molecule has 0 heterocycles. The number of aliphatic hydroxyl groups is 1. The van der Waals surface area contributed by atoms with E-state index >= 15 is 0 Å². The highest BCUT2D eigenvalue weighted by molar-refractivity contribution is 6.37. The summed E-state index contributed by atoms with van der Waals surface area (Å²) in [7, 11) is 5.59. The van der Waals surface area contributed by atoms with Crippen LogP contribution in [0.2, 0.25) is 5.02 Å². The second-order valence-electron chi connectivity index (χ2n) is 2.19. The Hall–Kier alpha value is -0.905. The topological polar surface area (TPSA) is 20.2 Å². The van der Waals surface area contributed by atoms with Gasteiger partial charge < -0.3 is 5.11 Å². The van der Waals surface area contributed by atoms with Gasteiger partial charge in [0, 0.05) is 10.6 Å². The largest absolute Gasteiger partial charge is 0.384 e. The summed E-state index contributed by atoms with van der Waals surface area (Å²) in [5.74, 6) is 5.21. The van der Waals surface area contributed by atoms with Crippen molar-refractivity contribution in [1.82, 2.24) is 0 Å². The monoisotopic (exact) mass is 176 g/mol. The molecule has 1 N–H and O–H groups in total. The highest BCUT2D eigenvalue weighted by Crippen LogP contribution is 2.05. The van der Waals surface area contributed by atoms with Crippen molar-refractivity contribution >= 4 is 24.9 Å². The lowest BCUT2D eigenvalue weighted by Gasteiger charge is -1.97. The molecule has 0 bridgehead atoms. The summed E-state index contributed by atoms with van der Waals surface area (Å²) in [6.45, 7) is -0.165. The molecule has 0 amide bonds. The molecule has 1 aromatic rings. The first-order valence-electron chi connectivity index (χ1n) is 3.39. The van der Waals surface area contributed by atoms with E-state index < -0.39 is 0 Å². The molecule has 58 valence electrons. The molecule has 0 aromatic heterocycles. The van der Waals surface area contributed by atoms with Gasteiger partial charge in [0.25, 0.3) is 0 Å². The van der Waals surface area contributed by atoms with Crippen LogP contribution in [0.15, 0.2) is 18.2 Å². The third-order valence-electron chi connectivity index (χ3n) is 1.32. The molecule has 1 nitrogen and oxygen atoms in total. The predicted octanol–water partition coefficient (Wildman–Crippen LogP) is 0.478.